The van der Waals surface area contributed by atoms with E-state index < -0.39 is 5.91 Å². The summed E-state index contributed by atoms with van der Waals surface area (Å²) < 4.78 is 3.41. The van der Waals surface area contributed by atoms with Gasteiger partial charge in [0.25, 0.3) is 11.5 Å². The summed E-state index contributed by atoms with van der Waals surface area (Å²) in [7, 11) is 2.19. The maximum Gasteiger partial charge on any atom is 0.270 e. The Labute approximate surface area is 198 Å². The van der Waals surface area contributed by atoms with Crippen LogP contribution in [0.4, 0.5) is 0 Å². The van der Waals surface area contributed by atoms with Crippen LogP contribution in [0, 0.1) is 5.92 Å². The van der Waals surface area contributed by atoms with Crippen LogP contribution in [-0.4, -0.2) is 43.2 Å². The molecule has 0 aliphatic heterocycles. The van der Waals surface area contributed by atoms with Gasteiger partial charge in [-0.3, -0.25) is 14.0 Å². The zero-order valence-electron chi connectivity index (χ0n) is 19.5. The first kappa shape index (κ1) is 22.3. The molecule has 0 unspecified atom stereocenters. The summed E-state index contributed by atoms with van der Waals surface area (Å²) in [5.41, 5.74) is 3.07. The third-order valence-electron chi connectivity index (χ3n) is 6.54. The number of rotatable bonds is 7. The fourth-order valence-corrected chi connectivity index (χ4v) is 4.89. The van der Waals surface area contributed by atoms with Crippen molar-refractivity contribution in [3.63, 3.8) is 0 Å². The normalized spacial score (nSPS) is 14.8. The van der Waals surface area contributed by atoms with Gasteiger partial charge < -0.3 is 14.6 Å². The molecule has 1 fully saturated rings. The van der Waals surface area contributed by atoms with E-state index in [0.717, 1.165) is 30.3 Å². The second-order valence-corrected chi connectivity index (χ2v) is 9.33. The number of aromatic nitrogens is 4. The second kappa shape index (κ2) is 9.77. The van der Waals surface area contributed by atoms with E-state index in [4.69, 9.17) is 0 Å². The zero-order valence-corrected chi connectivity index (χ0v) is 19.5. The molecule has 4 aromatic heterocycles. The van der Waals surface area contributed by atoms with Gasteiger partial charge in [0.2, 0.25) is 0 Å². The minimum atomic E-state index is -0.398. The number of pyridine rings is 2. The lowest BCUT2D eigenvalue weighted by Crippen LogP contribution is -2.27. The summed E-state index contributed by atoms with van der Waals surface area (Å²) >= 11 is 0. The van der Waals surface area contributed by atoms with Crippen LogP contribution in [0.3, 0.4) is 0 Å². The molecule has 0 aromatic carbocycles. The lowest BCUT2D eigenvalue weighted by Gasteiger charge is -2.27. The van der Waals surface area contributed by atoms with Gasteiger partial charge in [-0.15, -0.1) is 0 Å². The monoisotopic (exact) mass is 458 g/mol. The van der Waals surface area contributed by atoms with Gasteiger partial charge in [0.1, 0.15) is 17.0 Å². The van der Waals surface area contributed by atoms with Gasteiger partial charge in [-0.05, 0) is 49.6 Å². The Balaban J connectivity index is 1.22. The fourth-order valence-electron chi connectivity index (χ4n) is 4.89. The maximum atomic E-state index is 12.6. The van der Waals surface area contributed by atoms with Gasteiger partial charge in [0, 0.05) is 37.7 Å². The Morgan fingerprint density at radius 1 is 1.09 bits per heavy atom. The van der Waals surface area contributed by atoms with Crippen molar-refractivity contribution in [1.82, 2.24) is 29.0 Å². The fraction of sp³-hybridized carbons (Fsp3) is 0.385. The lowest BCUT2D eigenvalue weighted by molar-refractivity contribution is 0.0945. The molecule has 0 atom stereocenters. The summed E-state index contributed by atoms with van der Waals surface area (Å²) in [6, 6.07) is 10.6. The number of imidazole rings is 1. The number of nitrogens with one attached hydrogen (secondary N) is 1. The quantitative estimate of drug-likeness (QED) is 0.460. The van der Waals surface area contributed by atoms with Crippen molar-refractivity contribution in [2.45, 2.75) is 45.2 Å². The second-order valence-electron chi connectivity index (χ2n) is 9.33. The first-order valence-electron chi connectivity index (χ1n) is 12.0. The van der Waals surface area contributed by atoms with Gasteiger partial charge in [-0.25, -0.2) is 9.97 Å². The molecule has 4 aromatic rings. The molecule has 1 saturated carbocycles. The van der Waals surface area contributed by atoms with Crippen molar-refractivity contribution < 1.29 is 4.79 Å². The SMILES string of the molecule is CN(Cc1ccc2nc(CNC(=O)c3cc(=O)n4ccccc4n3)cn2c1)CC1CCCCC1. The number of fused-ring (bicyclic) bond motifs is 2. The van der Waals surface area contributed by atoms with Crippen LogP contribution in [0.1, 0.15) is 53.8 Å². The highest BCUT2D eigenvalue weighted by atomic mass is 16.2. The lowest BCUT2D eigenvalue weighted by atomic mass is 9.89. The van der Waals surface area contributed by atoms with Gasteiger partial charge in [0.15, 0.2) is 0 Å². The number of hydrogen-bond donors (Lipinski definition) is 1. The van der Waals surface area contributed by atoms with Crippen LogP contribution in [0.2, 0.25) is 0 Å². The van der Waals surface area contributed by atoms with Crippen molar-refractivity contribution in [2.75, 3.05) is 13.6 Å². The third kappa shape index (κ3) is 5.02. The van der Waals surface area contributed by atoms with Crippen LogP contribution in [0.15, 0.2) is 59.8 Å². The minimum Gasteiger partial charge on any atom is -0.345 e. The number of carbonyl (C=O) groups excluding carboxylic acids is 1. The molecule has 0 bridgehead atoms. The molecule has 0 saturated heterocycles. The van der Waals surface area contributed by atoms with Crippen molar-refractivity contribution >= 4 is 17.2 Å². The van der Waals surface area contributed by atoms with Crippen molar-refractivity contribution in [3.8, 4) is 0 Å². The van der Waals surface area contributed by atoms with Crippen LogP contribution in [0.5, 0.6) is 0 Å². The van der Waals surface area contributed by atoms with Crippen LogP contribution >= 0.6 is 0 Å². The molecule has 34 heavy (non-hydrogen) atoms. The summed E-state index contributed by atoms with van der Waals surface area (Å²) in [6.45, 7) is 2.30. The number of nitrogens with zero attached hydrogens (tertiary/aromatic N) is 5. The van der Waals surface area contributed by atoms with Crippen molar-refractivity contribution in [1.29, 1.82) is 0 Å². The first-order chi connectivity index (χ1) is 16.5. The standard InChI is InChI=1S/C26H30N6O2/c1-30(15-19-7-3-2-4-8-19)16-20-10-11-23-28-21(18-31(23)17-20)14-27-26(34)22-13-25(33)32-12-6-5-9-24(32)29-22/h5-6,9-13,17-19H,2-4,7-8,14-16H2,1H3,(H,27,34). The van der Waals surface area contributed by atoms with E-state index in [1.807, 2.05) is 16.7 Å². The average Bonchev–Trinajstić information content (AvgIpc) is 3.25. The zero-order chi connectivity index (χ0) is 23.5. The van der Waals surface area contributed by atoms with E-state index in [1.165, 1.54) is 48.1 Å². The van der Waals surface area contributed by atoms with Crippen LogP contribution < -0.4 is 10.9 Å². The van der Waals surface area contributed by atoms with Crippen molar-refractivity contribution in [2.24, 2.45) is 5.92 Å². The van der Waals surface area contributed by atoms with E-state index in [0.29, 0.717) is 5.65 Å². The molecule has 1 amide bonds. The Kier molecular flexibility index (Phi) is 6.40. The molecule has 176 valence electrons. The van der Waals surface area contributed by atoms with E-state index in [-0.39, 0.29) is 17.8 Å². The Hall–Kier alpha value is -3.52. The predicted octanol–water partition coefficient (Wildman–Crippen LogP) is 3.28. The topological polar surface area (TPSA) is 84.0 Å². The Bertz CT molecular complexity index is 1370. The highest BCUT2D eigenvalue weighted by molar-refractivity contribution is 5.92. The van der Waals surface area contributed by atoms with Gasteiger partial charge in [0.05, 0.1) is 12.2 Å². The largest absolute Gasteiger partial charge is 0.345 e. The first-order valence-corrected chi connectivity index (χ1v) is 12.0. The van der Waals surface area contributed by atoms with E-state index >= 15 is 0 Å². The molecule has 8 nitrogen and oxygen atoms in total. The minimum absolute atomic E-state index is 0.100. The molecule has 0 spiro atoms. The molecule has 8 heteroatoms. The van der Waals surface area contributed by atoms with Gasteiger partial charge >= 0.3 is 0 Å². The average molecular weight is 459 g/mol. The number of amides is 1. The molecule has 1 aliphatic carbocycles. The summed E-state index contributed by atoms with van der Waals surface area (Å²) in [5, 5.41) is 2.83. The molecular weight excluding hydrogens is 428 g/mol. The van der Waals surface area contributed by atoms with E-state index in [9.17, 15) is 9.59 Å². The van der Waals surface area contributed by atoms with Crippen molar-refractivity contribution in [3.05, 3.63) is 82.3 Å². The smallest absolute Gasteiger partial charge is 0.270 e. The Morgan fingerprint density at radius 2 is 1.94 bits per heavy atom. The molecule has 5 rings (SSSR count). The summed E-state index contributed by atoms with van der Waals surface area (Å²) in [6.07, 6.45) is 12.5. The number of hydrogen-bond acceptors (Lipinski definition) is 5. The molecule has 4 heterocycles. The van der Waals surface area contributed by atoms with Crippen LogP contribution in [0.25, 0.3) is 11.3 Å². The number of carbonyl (C=O) groups is 1. The molecule has 0 radical (unpaired) electrons. The summed E-state index contributed by atoms with van der Waals surface area (Å²) in [5.74, 6) is 0.421. The predicted molar refractivity (Wildman–Crippen MR) is 131 cm³/mol. The van der Waals surface area contributed by atoms with E-state index in [1.54, 1.807) is 24.4 Å². The molecular formula is C26H30N6O2. The Morgan fingerprint density at radius 3 is 2.79 bits per heavy atom. The van der Waals surface area contributed by atoms with Gasteiger partial charge in [-0.1, -0.05) is 31.4 Å². The van der Waals surface area contributed by atoms with Gasteiger partial charge in [-0.2, -0.15) is 0 Å². The highest BCUT2D eigenvalue weighted by Gasteiger charge is 2.16. The maximum absolute atomic E-state index is 12.6. The third-order valence-corrected chi connectivity index (χ3v) is 6.54. The highest BCUT2D eigenvalue weighted by Crippen LogP contribution is 2.24. The summed E-state index contributed by atoms with van der Waals surface area (Å²) in [4.78, 5) is 36.2. The molecule has 1 aliphatic rings. The molecule has 1 N–H and O–H groups in total. The van der Waals surface area contributed by atoms with Crippen LogP contribution in [-0.2, 0) is 13.1 Å². The van der Waals surface area contributed by atoms with E-state index in [2.05, 4.69) is 39.5 Å².